The van der Waals surface area contributed by atoms with Crippen LogP contribution in [0, 0.1) is 5.82 Å². The standard InChI is InChI=1S/C33H36Br2FN9O4/c1-49-27-18-38-21-39-29(27)41-13-15-42(16-14-41)30(46)26(17-34)45(24-5-3-2-4-6-24)32(48)43-12-11-33(37,28(35)20-43)44-19-25(40-31(44)47)22-7-9-23(36)10-8-22/h2-10,18-19,21,26,28H,11-17,20,37H2,1H3,(H,40,47)/t26-,28?,33?/m0/s1. The number of aromatic amines is 1. The number of para-hydroxylation sites is 1. The number of amides is 3. The third-order valence-corrected chi connectivity index (χ3v) is 10.7. The van der Waals surface area contributed by atoms with Gasteiger partial charge in [-0.1, -0.05) is 50.1 Å². The van der Waals surface area contributed by atoms with Crippen molar-refractivity contribution in [2.24, 2.45) is 5.73 Å². The van der Waals surface area contributed by atoms with Crippen LogP contribution in [0.2, 0.25) is 0 Å². The number of piperidine rings is 1. The average molecular weight is 802 g/mol. The molecule has 0 spiro atoms. The molecule has 3 amide bonds. The van der Waals surface area contributed by atoms with Crippen LogP contribution in [0.5, 0.6) is 5.75 Å². The van der Waals surface area contributed by atoms with E-state index < -0.39 is 22.2 Å². The number of benzene rings is 2. The minimum atomic E-state index is -1.17. The van der Waals surface area contributed by atoms with Crippen molar-refractivity contribution in [3.63, 3.8) is 0 Å². The summed E-state index contributed by atoms with van der Waals surface area (Å²) < 4.78 is 20.4. The number of hydrogen-bond donors (Lipinski definition) is 2. The molecule has 0 bridgehead atoms. The number of aromatic nitrogens is 4. The predicted octanol–water partition coefficient (Wildman–Crippen LogP) is 3.60. The Morgan fingerprint density at radius 2 is 1.82 bits per heavy atom. The SMILES string of the molecule is COc1cncnc1N1CCN(C(=O)[C@H](CBr)N(C(=O)N2CCC(N)(n3cc(-c4ccc(F)cc4)[nH]c3=O)C(Br)C2)c2ccccc2)CC1. The van der Waals surface area contributed by atoms with Crippen molar-refractivity contribution in [2.45, 2.75) is 23.0 Å². The smallest absolute Gasteiger partial charge is 0.327 e. The monoisotopic (exact) mass is 799 g/mol. The molecular formula is C33H36Br2FN9O4. The maximum absolute atomic E-state index is 14.4. The van der Waals surface area contributed by atoms with Gasteiger partial charge in [-0.15, -0.1) is 0 Å². The number of nitrogens with two attached hydrogens (primary N) is 1. The number of nitrogens with one attached hydrogen (secondary N) is 1. The number of hydrogen-bond acceptors (Lipinski definition) is 8. The number of ether oxygens (including phenoxy) is 1. The lowest BCUT2D eigenvalue weighted by molar-refractivity contribution is -0.132. The van der Waals surface area contributed by atoms with Crippen molar-refractivity contribution >= 4 is 55.3 Å². The number of likely N-dealkylation sites (tertiary alicyclic amines) is 1. The molecule has 4 aromatic rings. The molecule has 3 N–H and O–H groups in total. The molecule has 3 atom stereocenters. The van der Waals surface area contributed by atoms with E-state index in [2.05, 4.69) is 51.7 Å². The van der Waals surface area contributed by atoms with Crippen molar-refractivity contribution in [3.05, 3.63) is 89.6 Å². The van der Waals surface area contributed by atoms with Gasteiger partial charge in [0.1, 0.15) is 23.8 Å². The molecule has 13 nitrogen and oxygen atoms in total. The van der Waals surface area contributed by atoms with Gasteiger partial charge in [0, 0.05) is 62.9 Å². The van der Waals surface area contributed by atoms with Gasteiger partial charge >= 0.3 is 11.7 Å². The van der Waals surface area contributed by atoms with E-state index in [9.17, 15) is 18.8 Å². The van der Waals surface area contributed by atoms with E-state index >= 15 is 0 Å². The molecule has 2 aromatic carbocycles. The lowest BCUT2D eigenvalue weighted by atomic mass is 9.97. The first-order valence-corrected chi connectivity index (χ1v) is 17.8. The zero-order valence-corrected chi connectivity index (χ0v) is 29.9. The average Bonchev–Trinajstić information content (AvgIpc) is 3.53. The highest BCUT2D eigenvalue weighted by Crippen LogP contribution is 2.33. The molecule has 2 aliphatic rings. The fourth-order valence-electron chi connectivity index (χ4n) is 6.29. The van der Waals surface area contributed by atoms with Gasteiger partial charge < -0.3 is 30.2 Å². The van der Waals surface area contributed by atoms with Gasteiger partial charge in [-0.25, -0.2) is 23.9 Å². The van der Waals surface area contributed by atoms with Gasteiger partial charge in [0.15, 0.2) is 11.6 Å². The summed E-state index contributed by atoms with van der Waals surface area (Å²) in [6.07, 6.45) is 4.95. The van der Waals surface area contributed by atoms with Crippen LogP contribution in [0.1, 0.15) is 6.42 Å². The van der Waals surface area contributed by atoms with E-state index in [1.165, 1.54) is 27.9 Å². The van der Waals surface area contributed by atoms with Crippen LogP contribution in [0.3, 0.4) is 0 Å². The van der Waals surface area contributed by atoms with E-state index in [1.54, 1.807) is 53.6 Å². The number of urea groups is 1. The molecule has 2 saturated heterocycles. The lowest BCUT2D eigenvalue weighted by Gasteiger charge is -2.45. The summed E-state index contributed by atoms with van der Waals surface area (Å²) in [7, 11) is 1.57. The number of rotatable bonds is 8. The van der Waals surface area contributed by atoms with E-state index in [1.807, 2.05) is 18.2 Å². The zero-order valence-electron chi connectivity index (χ0n) is 26.7. The number of imidazole rings is 1. The minimum Gasteiger partial charge on any atom is -0.491 e. The molecule has 49 heavy (non-hydrogen) atoms. The second-order valence-electron chi connectivity index (χ2n) is 11.9. The van der Waals surface area contributed by atoms with Gasteiger partial charge in [0.05, 0.1) is 23.8 Å². The molecule has 2 fully saturated rings. The van der Waals surface area contributed by atoms with Crippen LogP contribution in [0.25, 0.3) is 11.3 Å². The van der Waals surface area contributed by atoms with Crippen LogP contribution in [0.4, 0.5) is 20.7 Å². The maximum Gasteiger partial charge on any atom is 0.327 e. The van der Waals surface area contributed by atoms with Crippen LogP contribution < -0.4 is 26.0 Å². The summed E-state index contributed by atoms with van der Waals surface area (Å²) >= 11 is 7.22. The highest BCUT2D eigenvalue weighted by Gasteiger charge is 2.45. The first kappa shape index (κ1) is 34.6. The van der Waals surface area contributed by atoms with E-state index in [0.29, 0.717) is 54.7 Å². The quantitative estimate of drug-likeness (QED) is 0.258. The number of H-pyrrole nitrogens is 1. The van der Waals surface area contributed by atoms with Crippen molar-refractivity contribution in [1.82, 2.24) is 29.3 Å². The molecule has 0 saturated carbocycles. The third kappa shape index (κ3) is 6.94. The van der Waals surface area contributed by atoms with Gasteiger partial charge in [-0.2, -0.15) is 0 Å². The maximum atomic E-state index is 14.4. The number of nitrogens with zero attached hydrogens (tertiary/aromatic N) is 7. The van der Waals surface area contributed by atoms with Crippen molar-refractivity contribution in [1.29, 1.82) is 0 Å². The minimum absolute atomic E-state index is 0.171. The van der Waals surface area contributed by atoms with Gasteiger partial charge in [0.25, 0.3) is 0 Å². The Labute approximate surface area is 299 Å². The lowest BCUT2D eigenvalue weighted by Crippen LogP contribution is -2.65. The largest absolute Gasteiger partial charge is 0.491 e. The summed E-state index contributed by atoms with van der Waals surface area (Å²) in [5.41, 5.74) is 7.02. The Morgan fingerprint density at radius 1 is 1.10 bits per heavy atom. The van der Waals surface area contributed by atoms with Gasteiger partial charge in [-0.05, 0) is 42.0 Å². The van der Waals surface area contributed by atoms with Gasteiger partial charge in [-0.3, -0.25) is 14.3 Å². The van der Waals surface area contributed by atoms with Crippen molar-refractivity contribution in [2.75, 3.05) is 61.5 Å². The number of anilines is 2. The number of carbonyl (C=O) groups is 2. The van der Waals surface area contributed by atoms with Crippen LogP contribution in [-0.4, -0.2) is 104 Å². The molecule has 2 aliphatic heterocycles. The Bertz CT molecular complexity index is 1840. The normalized spacial score (nSPS) is 20.2. The van der Waals surface area contributed by atoms with E-state index in [4.69, 9.17) is 10.5 Å². The summed E-state index contributed by atoms with van der Waals surface area (Å²) in [5.74, 6) is 0.663. The summed E-state index contributed by atoms with van der Waals surface area (Å²) in [4.78, 5) is 59.4. The first-order valence-electron chi connectivity index (χ1n) is 15.7. The summed E-state index contributed by atoms with van der Waals surface area (Å²) in [6, 6.07) is 13.7. The van der Waals surface area contributed by atoms with Crippen LogP contribution >= 0.6 is 31.9 Å². The fourth-order valence-corrected chi connectivity index (χ4v) is 7.66. The molecule has 0 aliphatic carbocycles. The number of piperazine rings is 1. The molecule has 16 heteroatoms. The highest BCUT2D eigenvalue weighted by molar-refractivity contribution is 9.09. The van der Waals surface area contributed by atoms with Crippen LogP contribution in [-0.2, 0) is 10.5 Å². The van der Waals surface area contributed by atoms with Crippen molar-refractivity contribution < 1.29 is 18.7 Å². The number of carbonyl (C=O) groups excluding carboxylic acids is 2. The topological polar surface area (TPSA) is 146 Å². The number of methoxy groups -OCH3 is 1. The summed E-state index contributed by atoms with van der Waals surface area (Å²) in [6.45, 7) is 2.33. The number of alkyl halides is 2. The molecule has 2 aromatic heterocycles. The third-order valence-electron chi connectivity index (χ3n) is 9.05. The first-order chi connectivity index (χ1) is 23.6. The predicted molar refractivity (Wildman–Crippen MR) is 191 cm³/mol. The molecule has 2 unspecified atom stereocenters. The van der Waals surface area contributed by atoms with Crippen LogP contribution in [0.15, 0.2) is 78.1 Å². The zero-order chi connectivity index (χ0) is 34.7. The second kappa shape index (κ2) is 14.7. The van der Waals surface area contributed by atoms with E-state index in [-0.39, 0.29) is 42.6 Å². The molecule has 6 rings (SSSR count). The van der Waals surface area contributed by atoms with E-state index in [0.717, 1.165) is 0 Å². The Kier molecular flexibility index (Phi) is 10.4. The fraction of sp³-hybridized carbons (Fsp3) is 0.364. The Hall–Kier alpha value is -4.28. The van der Waals surface area contributed by atoms with Crippen molar-refractivity contribution in [3.8, 4) is 17.0 Å². The second-order valence-corrected chi connectivity index (χ2v) is 13.6. The molecule has 258 valence electrons. The summed E-state index contributed by atoms with van der Waals surface area (Å²) in [5, 5.41) is 0.212. The molecular weight excluding hydrogens is 765 g/mol. The molecule has 4 heterocycles. The number of halogens is 3. The Morgan fingerprint density at radius 3 is 2.47 bits per heavy atom. The highest BCUT2D eigenvalue weighted by atomic mass is 79.9. The van der Waals surface area contributed by atoms with Gasteiger partial charge in [0.2, 0.25) is 5.91 Å². The Balaban J connectivity index is 1.19. The molecule has 0 radical (unpaired) electrons.